The molecular formula is C20H23ClO4S. The molecule has 0 bridgehead atoms. The lowest BCUT2D eigenvalue weighted by Crippen LogP contribution is -2.20. The Balaban J connectivity index is 1.98. The van der Waals surface area contributed by atoms with Crippen molar-refractivity contribution in [3.05, 3.63) is 52.5 Å². The van der Waals surface area contributed by atoms with E-state index in [2.05, 4.69) is 0 Å². The summed E-state index contributed by atoms with van der Waals surface area (Å²) in [5.41, 5.74) is 0.900. The second kappa shape index (κ2) is 9.86. The quantitative estimate of drug-likeness (QED) is 0.475. The van der Waals surface area contributed by atoms with Crippen LogP contribution in [0.5, 0.6) is 11.5 Å². The number of thioether (sulfide) groups is 1. The maximum Gasteiger partial charge on any atom is 0.163 e. The van der Waals surface area contributed by atoms with Gasteiger partial charge in [-0.25, -0.2) is 0 Å². The highest BCUT2D eigenvalue weighted by Gasteiger charge is 2.17. The second-order valence-electron chi connectivity index (χ2n) is 5.97. The van der Waals surface area contributed by atoms with Crippen LogP contribution >= 0.6 is 23.4 Å². The van der Waals surface area contributed by atoms with Gasteiger partial charge in [-0.15, -0.1) is 11.8 Å². The fourth-order valence-corrected chi connectivity index (χ4v) is 3.42. The molecule has 0 aliphatic rings. The topological polar surface area (TPSA) is 66.8 Å². The van der Waals surface area contributed by atoms with Gasteiger partial charge in [0.1, 0.15) is 18.1 Å². The Morgan fingerprint density at radius 1 is 1.23 bits per heavy atom. The third-order valence-electron chi connectivity index (χ3n) is 3.81. The first-order valence-electron chi connectivity index (χ1n) is 8.47. The van der Waals surface area contributed by atoms with Gasteiger partial charge in [0.15, 0.2) is 5.78 Å². The summed E-state index contributed by atoms with van der Waals surface area (Å²) in [5.74, 6) is 0.764. The van der Waals surface area contributed by atoms with Crippen LogP contribution in [0.15, 0.2) is 41.3 Å². The van der Waals surface area contributed by atoms with Crippen LogP contribution < -0.4 is 4.74 Å². The number of carbonyl (C=O) groups excluding carboxylic acids is 1. The first-order valence-corrected chi connectivity index (χ1v) is 9.83. The molecule has 0 heterocycles. The minimum absolute atomic E-state index is 0.0260. The summed E-state index contributed by atoms with van der Waals surface area (Å²) in [6, 6.07) is 10.7. The number of hydrogen-bond donors (Lipinski definition) is 2. The monoisotopic (exact) mass is 394 g/mol. The highest BCUT2D eigenvalue weighted by Crippen LogP contribution is 2.33. The summed E-state index contributed by atoms with van der Waals surface area (Å²) in [7, 11) is 0. The van der Waals surface area contributed by atoms with E-state index in [1.54, 1.807) is 12.1 Å². The molecule has 0 radical (unpaired) electrons. The number of aliphatic hydroxyl groups is 1. The maximum atomic E-state index is 11.6. The van der Waals surface area contributed by atoms with Crippen LogP contribution in [-0.2, 0) is 6.42 Å². The van der Waals surface area contributed by atoms with Gasteiger partial charge >= 0.3 is 0 Å². The van der Waals surface area contributed by atoms with Gasteiger partial charge in [0.2, 0.25) is 0 Å². The molecule has 4 nitrogen and oxygen atoms in total. The van der Waals surface area contributed by atoms with Gasteiger partial charge in [0.05, 0.1) is 11.7 Å². The molecule has 26 heavy (non-hydrogen) atoms. The van der Waals surface area contributed by atoms with Gasteiger partial charge in [-0.1, -0.05) is 24.9 Å². The Morgan fingerprint density at radius 2 is 1.92 bits per heavy atom. The summed E-state index contributed by atoms with van der Waals surface area (Å²) < 4.78 is 5.72. The predicted molar refractivity (Wildman–Crippen MR) is 106 cm³/mol. The largest absolute Gasteiger partial charge is 0.507 e. The molecule has 1 atom stereocenters. The van der Waals surface area contributed by atoms with E-state index in [0.717, 1.165) is 11.3 Å². The predicted octanol–water partition coefficient (Wildman–Crippen LogP) is 4.73. The van der Waals surface area contributed by atoms with Crippen molar-refractivity contribution in [2.75, 3.05) is 12.4 Å². The zero-order valence-electron chi connectivity index (χ0n) is 14.9. The van der Waals surface area contributed by atoms with Gasteiger partial charge in [-0.05, 0) is 49.7 Å². The Bertz CT molecular complexity index is 746. The number of phenols is 1. The van der Waals surface area contributed by atoms with Gasteiger partial charge < -0.3 is 14.9 Å². The van der Waals surface area contributed by atoms with Gasteiger partial charge in [0, 0.05) is 21.2 Å². The number of benzene rings is 2. The molecule has 6 heteroatoms. The Morgan fingerprint density at radius 3 is 2.54 bits per heavy atom. The standard InChI is InChI=1S/C20H23ClO4S/c1-3-4-18-19(10-9-17(13(2)22)20(18)24)25-11-15(23)12-26-16-7-5-14(21)6-8-16/h5-10,15,23-24H,3-4,11-12H2,1-2H3/t15-/m1/s1. The molecule has 0 saturated carbocycles. The van der Waals surface area contributed by atoms with Crippen LogP contribution in [0.1, 0.15) is 36.2 Å². The number of Topliss-reactive ketones (excluding diaryl/α,β-unsaturated/α-hetero) is 1. The fraction of sp³-hybridized carbons (Fsp3) is 0.350. The summed E-state index contributed by atoms with van der Waals surface area (Å²) in [6.07, 6.45) is 0.734. The smallest absolute Gasteiger partial charge is 0.163 e. The van der Waals surface area contributed by atoms with E-state index < -0.39 is 6.10 Å². The minimum Gasteiger partial charge on any atom is -0.507 e. The van der Waals surface area contributed by atoms with E-state index >= 15 is 0 Å². The molecule has 0 amide bonds. The number of phenolic OH excluding ortho intramolecular Hbond substituents is 1. The first-order chi connectivity index (χ1) is 12.4. The lowest BCUT2D eigenvalue weighted by atomic mass is 10.0. The third-order valence-corrected chi connectivity index (χ3v) is 5.22. The van der Waals surface area contributed by atoms with Crippen molar-refractivity contribution < 1.29 is 19.7 Å². The van der Waals surface area contributed by atoms with E-state index in [1.165, 1.54) is 18.7 Å². The lowest BCUT2D eigenvalue weighted by molar-refractivity contribution is 0.101. The molecule has 2 aromatic carbocycles. The zero-order valence-corrected chi connectivity index (χ0v) is 16.4. The van der Waals surface area contributed by atoms with Crippen LogP contribution in [-0.4, -0.2) is 34.5 Å². The van der Waals surface area contributed by atoms with Crippen LogP contribution in [0.4, 0.5) is 0 Å². The molecule has 140 valence electrons. The van der Waals surface area contributed by atoms with Crippen molar-refractivity contribution in [1.82, 2.24) is 0 Å². The Hall–Kier alpha value is -1.69. The molecule has 2 aromatic rings. The molecule has 0 spiro atoms. The number of aromatic hydroxyl groups is 1. The number of aliphatic hydroxyl groups excluding tert-OH is 1. The van der Waals surface area contributed by atoms with Gasteiger partial charge in [0.25, 0.3) is 0 Å². The van der Waals surface area contributed by atoms with Crippen LogP contribution in [0.3, 0.4) is 0 Å². The summed E-state index contributed by atoms with van der Waals surface area (Å²) in [4.78, 5) is 12.6. The molecule has 0 aliphatic carbocycles. The number of rotatable bonds is 9. The summed E-state index contributed by atoms with van der Waals surface area (Å²) in [5, 5.41) is 21.2. The number of halogens is 1. The second-order valence-corrected chi connectivity index (χ2v) is 7.50. The van der Waals surface area contributed by atoms with Crippen molar-refractivity contribution in [2.45, 2.75) is 37.7 Å². The van der Waals surface area contributed by atoms with Crippen molar-refractivity contribution in [1.29, 1.82) is 0 Å². The van der Waals surface area contributed by atoms with Crippen LogP contribution in [0.25, 0.3) is 0 Å². The highest BCUT2D eigenvalue weighted by atomic mass is 35.5. The highest BCUT2D eigenvalue weighted by molar-refractivity contribution is 7.99. The summed E-state index contributed by atoms with van der Waals surface area (Å²) >= 11 is 7.37. The van der Waals surface area contributed by atoms with E-state index in [0.29, 0.717) is 34.1 Å². The SMILES string of the molecule is CCCc1c(OC[C@@H](O)CSc2ccc(Cl)cc2)ccc(C(C)=O)c1O. The fourth-order valence-electron chi connectivity index (χ4n) is 2.49. The summed E-state index contributed by atoms with van der Waals surface area (Å²) in [6.45, 7) is 3.51. The van der Waals surface area contributed by atoms with Crippen molar-refractivity contribution in [3.63, 3.8) is 0 Å². The molecule has 0 saturated heterocycles. The molecular weight excluding hydrogens is 372 g/mol. The zero-order chi connectivity index (χ0) is 19.1. The van der Waals surface area contributed by atoms with Crippen molar-refractivity contribution >= 4 is 29.1 Å². The van der Waals surface area contributed by atoms with E-state index in [9.17, 15) is 15.0 Å². The molecule has 2 rings (SSSR count). The van der Waals surface area contributed by atoms with Gasteiger partial charge in [-0.2, -0.15) is 0 Å². The first kappa shape index (κ1) is 20.6. The Kier molecular flexibility index (Phi) is 7.82. The molecule has 0 aliphatic heterocycles. The van der Waals surface area contributed by atoms with Crippen LogP contribution in [0, 0.1) is 0 Å². The van der Waals surface area contributed by atoms with Crippen LogP contribution in [0.2, 0.25) is 5.02 Å². The number of ketones is 1. The van der Waals surface area contributed by atoms with Gasteiger partial charge in [-0.3, -0.25) is 4.79 Å². The number of ether oxygens (including phenoxy) is 1. The maximum absolute atomic E-state index is 11.6. The number of hydrogen-bond acceptors (Lipinski definition) is 5. The number of carbonyl (C=O) groups is 1. The molecule has 0 fully saturated rings. The Labute approximate surface area is 163 Å². The van der Waals surface area contributed by atoms with E-state index in [1.807, 2.05) is 31.2 Å². The average Bonchev–Trinajstić information content (AvgIpc) is 2.61. The van der Waals surface area contributed by atoms with Crippen molar-refractivity contribution in [3.8, 4) is 11.5 Å². The molecule has 2 N–H and O–H groups in total. The molecule has 0 unspecified atom stereocenters. The molecule has 0 aromatic heterocycles. The average molecular weight is 395 g/mol. The minimum atomic E-state index is -0.667. The van der Waals surface area contributed by atoms with E-state index in [4.69, 9.17) is 16.3 Å². The van der Waals surface area contributed by atoms with E-state index in [-0.39, 0.29) is 18.1 Å². The normalized spacial score (nSPS) is 12.0. The van der Waals surface area contributed by atoms with Crippen molar-refractivity contribution in [2.24, 2.45) is 0 Å². The lowest BCUT2D eigenvalue weighted by Gasteiger charge is -2.17. The third kappa shape index (κ3) is 5.66.